The Labute approximate surface area is 115 Å². The summed E-state index contributed by atoms with van der Waals surface area (Å²) in [5.41, 5.74) is 2.66. The molecule has 19 heavy (non-hydrogen) atoms. The van der Waals surface area contributed by atoms with Crippen molar-refractivity contribution in [1.29, 1.82) is 5.26 Å². The van der Waals surface area contributed by atoms with Crippen molar-refractivity contribution in [1.82, 2.24) is 4.57 Å². The standard InChI is InChI=1S/C14H11ClN2O2/c1-8-5-11(14(18)19)9(2)17(8)13-6-10(7-16)3-4-12(13)15/h3-6H,1-2H3,(H,18,19). The lowest BCUT2D eigenvalue weighted by molar-refractivity contribution is 0.0696. The Morgan fingerprint density at radius 1 is 1.37 bits per heavy atom. The van der Waals surface area contributed by atoms with Gasteiger partial charge in [0.2, 0.25) is 0 Å². The fourth-order valence-corrected chi connectivity index (χ4v) is 2.31. The molecule has 0 aliphatic carbocycles. The molecule has 2 rings (SSSR count). The van der Waals surface area contributed by atoms with Crippen molar-refractivity contribution in [2.24, 2.45) is 0 Å². The first-order valence-corrected chi connectivity index (χ1v) is 5.95. The van der Waals surface area contributed by atoms with Gasteiger partial charge in [-0.05, 0) is 38.1 Å². The Morgan fingerprint density at radius 3 is 2.58 bits per heavy atom. The van der Waals surface area contributed by atoms with Gasteiger partial charge in [-0.2, -0.15) is 5.26 Å². The fourth-order valence-electron chi connectivity index (χ4n) is 2.10. The molecule has 1 heterocycles. The number of aromatic nitrogens is 1. The van der Waals surface area contributed by atoms with Crippen LogP contribution < -0.4 is 0 Å². The van der Waals surface area contributed by atoms with Gasteiger partial charge in [-0.3, -0.25) is 0 Å². The zero-order chi connectivity index (χ0) is 14.2. The lowest BCUT2D eigenvalue weighted by Gasteiger charge is -2.11. The summed E-state index contributed by atoms with van der Waals surface area (Å²) in [6, 6.07) is 8.54. The highest BCUT2D eigenvalue weighted by molar-refractivity contribution is 6.32. The quantitative estimate of drug-likeness (QED) is 0.913. The van der Waals surface area contributed by atoms with E-state index in [0.717, 1.165) is 5.69 Å². The monoisotopic (exact) mass is 274 g/mol. The molecule has 0 aliphatic rings. The topological polar surface area (TPSA) is 66.0 Å². The van der Waals surface area contributed by atoms with Crippen LogP contribution in [0.4, 0.5) is 0 Å². The molecule has 0 fully saturated rings. The van der Waals surface area contributed by atoms with Crippen LogP contribution in [0, 0.1) is 25.2 Å². The number of nitriles is 1. The SMILES string of the molecule is Cc1cc(C(=O)O)c(C)n1-c1cc(C#N)ccc1Cl. The summed E-state index contributed by atoms with van der Waals surface area (Å²) in [5, 5.41) is 18.5. The Hall–Kier alpha value is -2.25. The normalized spacial score (nSPS) is 10.2. The number of aryl methyl sites for hydroxylation is 1. The summed E-state index contributed by atoms with van der Waals surface area (Å²) >= 11 is 6.14. The van der Waals surface area contributed by atoms with Crippen LogP contribution in [0.3, 0.4) is 0 Å². The summed E-state index contributed by atoms with van der Waals surface area (Å²) in [6.45, 7) is 3.51. The van der Waals surface area contributed by atoms with E-state index in [-0.39, 0.29) is 5.56 Å². The first kappa shape index (κ1) is 13.2. The van der Waals surface area contributed by atoms with Crippen LogP contribution in [0.5, 0.6) is 0 Å². The van der Waals surface area contributed by atoms with Gasteiger partial charge in [0.05, 0.1) is 27.9 Å². The van der Waals surface area contributed by atoms with Gasteiger partial charge in [0, 0.05) is 11.4 Å². The number of carboxylic acids is 1. The number of carbonyl (C=O) groups is 1. The first-order valence-electron chi connectivity index (χ1n) is 5.58. The molecular weight excluding hydrogens is 264 g/mol. The lowest BCUT2D eigenvalue weighted by Crippen LogP contribution is -2.03. The summed E-state index contributed by atoms with van der Waals surface area (Å²) < 4.78 is 1.74. The molecular formula is C14H11ClN2O2. The van der Waals surface area contributed by atoms with Crippen molar-refractivity contribution >= 4 is 17.6 Å². The van der Waals surface area contributed by atoms with E-state index < -0.39 is 5.97 Å². The first-order chi connectivity index (χ1) is 8.95. The van der Waals surface area contributed by atoms with Crippen molar-refractivity contribution < 1.29 is 9.90 Å². The summed E-state index contributed by atoms with van der Waals surface area (Å²) in [6.07, 6.45) is 0. The number of nitrogens with zero attached hydrogens (tertiary/aromatic N) is 2. The minimum absolute atomic E-state index is 0.232. The van der Waals surface area contributed by atoms with Gasteiger partial charge < -0.3 is 9.67 Å². The molecule has 0 saturated heterocycles. The molecule has 0 spiro atoms. The van der Waals surface area contributed by atoms with Crippen molar-refractivity contribution in [3.63, 3.8) is 0 Å². The van der Waals surface area contributed by atoms with Gasteiger partial charge in [0.1, 0.15) is 0 Å². The van der Waals surface area contributed by atoms with Gasteiger partial charge in [-0.1, -0.05) is 11.6 Å². The largest absolute Gasteiger partial charge is 0.478 e. The molecule has 0 bridgehead atoms. The lowest BCUT2D eigenvalue weighted by atomic mass is 10.2. The Morgan fingerprint density at radius 2 is 2.05 bits per heavy atom. The van der Waals surface area contributed by atoms with Crippen molar-refractivity contribution in [2.75, 3.05) is 0 Å². The van der Waals surface area contributed by atoms with Crippen LogP contribution in [0.25, 0.3) is 5.69 Å². The molecule has 0 amide bonds. The average molecular weight is 275 g/mol. The molecule has 1 aromatic heterocycles. The minimum atomic E-state index is -0.980. The third kappa shape index (κ3) is 2.20. The molecule has 4 nitrogen and oxygen atoms in total. The zero-order valence-corrected chi connectivity index (χ0v) is 11.2. The predicted octanol–water partition coefficient (Wildman–Crippen LogP) is 3.32. The van der Waals surface area contributed by atoms with Crippen molar-refractivity contribution in [2.45, 2.75) is 13.8 Å². The molecule has 0 aliphatic heterocycles. The van der Waals surface area contributed by atoms with Crippen molar-refractivity contribution in [3.05, 3.63) is 51.8 Å². The van der Waals surface area contributed by atoms with Gasteiger partial charge in [-0.15, -0.1) is 0 Å². The minimum Gasteiger partial charge on any atom is -0.478 e. The third-order valence-corrected chi connectivity index (χ3v) is 3.30. The van der Waals surface area contributed by atoms with Crippen LogP contribution in [0.15, 0.2) is 24.3 Å². The van der Waals surface area contributed by atoms with Crippen molar-refractivity contribution in [3.8, 4) is 11.8 Å². The number of rotatable bonds is 2. The van der Waals surface area contributed by atoms with Crippen LogP contribution in [-0.4, -0.2) is 15.6 Å². The van der Waals surface area contributed by atoms with Gasteiger partial charge >= 0.3 is 5.97 Å². The van der Waals surface area contributed by atoms with Crippen LogP contribution in [-0.2, 0) is 0 Å². The number of hydrogen-bond donors (Lipinski definition) is 1. The van der Waals surface area contributed by atoms with Gasteiger partial charge in [0.15, 0.2) is 0 Å². The van der Waals surface area contributed by atoms with E-state index in [1.807, 2.05) is 6.07 Å². The van der Waals surface area contributed by atoms with E-state index >= 15 is 0 Å². The predicted molar refractivity (Wildman–Crippen MR) is 71.9 cm³/mol. The molecule has 1 aromatic carbocycles. The number of hydrogen-bond acceptors (Lipinski definition) is 2. The summed E-state index contributed by atoms with van der Waals surface area (Å²) in [5.74, 6) is -0.980. The molecule has 96 valence electrons. The number of carboxylic acid groups (broad SMARTS) is 1. The van der Waals surface area contributed by atoms with E-state index in [1.54, 1.807) is 42.7 Å². The highest BCUT2D eigenvalue weighted by Crippen LogP contribution is 2.27. The maximum Gasteiger partial charge on any atom is 0.337 e. The Bertz CT molecular complexity index is 711. The summed E-state index contributed by atoms with van der Waals surface area (Å²) in [7, 11) is 0. The van der Waals surface area contributed by atoms with Crippen LogP contribution in [0.1, 0.15) is 27.3 Å². The summed E-state index contributed by atoms with van der Waals surface area (Å²) in [4.78, 5) is 11.1. The molecule has 2 aromatic rings. The van der Waals surface area contributed by atoms with Gasteiger partial charge in [-0.25, -0.2) is 4.79 Å². The highest BCUT2D eigenvalue weighted by Gasteiger charge is 2.17. The van der Waals surface area contributed by atoms with Crippen LogP contribution >= 0.6 is 11.6 Å². The van der Waals surface area contributed by atoms with E-state index in [4.69, 9.17) is 22.0 Å². The van der Waals surface area contributed by atoms with Crippen LogP contribution in [0.2, 0.25) is 5.02 Å². The number of aromatic carboxylic acids is 1. The molecule has 1 N–H and O–H groups in total. The molecule has 0 atom stereocenters. The second kappa shape index (κ2) is 4.79. The Kier molecular flexibility index (Phi) is 3.32. The highest BCUT2D eigenvalue weighted by atomic mass is 35.5. The maximum atomic E-state index is 11.1. The molecule has 5 heteroatoms. The number of halogens is 1. The molecule has 0 unspecified atom stereocenters. The molecule has 0 saturated carbocycles. The average Bonchev–Trinajstić information content (AvgIpc) is 2.66. The zero-order valence-electron chi connectivity index (χ0n) is 10.4. The van der Waals surface area contributed by atoms with E-state index in [9.17, 15) is 4.79 Å². The Balaban J connectivity index is 2.73. The third-order valence-electron chi connectivity index (χ3n) is 2.98. The second-order valence-corrected chi connectivity index (χ2v) is 4.61. The smallest absolute Gasteiger partial charge is 0.337 e. The molecule has 0 radical (unpaired) electrons. The van der Waals surface area contributed by atoms with E-state index in [1.165, 1.54) is 0 Å². The van der Waals surface area contributed by atoms with E-state index in [0.29, 0.717) is 22.0 Å². The maximum absolute atomic E-state index is 11.1. The second-order valence-electron chi connectivity index (χ2n) is 4.20. The number of benzene rings is 1. The van der Waals surface area contributed by atoms with E-state index in [2.05, 4.69) is 0 Å². The van der Waals surface area contributed by atoms with Gasteiger partial charge in [0.25, 0.3) is 0 Å². The fraction of sp³-hybridized carbons (Fsp3) is 0.143.